The molecule has 0 spiro atoms. The number of hydrogen-bond acceptors (Lipinski definition) is 7. The van der Waals surface area contributed by atoms with Crippen LogP contribution in [-0.2, 0) is 29.2 Å². The van der Waals surface area contributed by atoms with Crippen LogP contribution in [0.2, 0.25) is 0 Å². The first kappa shape index (κ1) is 21.2. The van der Waals surface area contributed by atoms with Gasteiger partial charge in [0, 0.05) is 0 Å². The zero-order valence-electron chi connectivity index (χ0n) is 11.4. The summed E-state index contributed by atoms with van der Waals surface area (Å²) in [5.74, 6) is -2.12. The van der Waals surface area contributed by atoms with E-state index in [2.05, 4.69) is 9.47 Å². The molecule has 1 atom stereocenters. The summed E-state index contributed by atoms with van der Waals surface area (Å²) in [6, 6.07) is 0. The number of rotatable bonds is 8. The molecule has 0 fully saturated rings. The minimum absolute atomic E-state index is 0. The molecule has 0 aromatic heterocycles. The quantitative estimate of drug-likeness (QED) is 0.271. The summed E-state index contributed by atoms with van der Waals surface area (Å²) < 4.78 is 41.8. The van der Waals surface area contributed by atoms with Crippen molar-refractivity contribution >= 4 is 22.1 Å². The average Bonchev–Trinajstić information content (AvgIpc) is 2.28. The molecule has 106 valence electrons. The third kappa shape index (κ3) is 9.39. The summed E-state index contributed by atoms with van der Waals surface area (Å²) in [5.41, 5.74) is 0. The van der Waals surface area contributed by atoms with Crippen molar-refractivity contribution in [1.82, 2.24) is 0 Å². The van der Waals surface area contributed by atoms with Crippen molar-refractivity contribution in [2.75, 3.05) is 13.2 Å². The molecule has 0 amide bonds. The first-order valence-electron chi connectivity index (χ1n) is 5.59. The second kappa shape index (κ2) is 10.6. The molecule has 19 heavy (non-hydrogen) atoms. The molecule has 0 aliphatic rings. The molecule has 0 heterocycles. The molecule has 0 aliphatic carbocycles. The normalized spacial score (nSPS) is 12.2. The Bertz CT molecular complexity index is 379. The first-order valence-corrected chi connectivity index (χ1v) is 7.07. The number of hydrogen-bond donors (Lipinski definition) is 0. The van der Waals surface area contributed by atoms with Crippen molar-refractivity contribution in [2.24, 2.45) is 0 Å². The second-order valence-electron chi connectivity index (χ2n) is 3.57. The van der Waals surface area contributed by atoms with Crippen molar-refractivity contribution in [3.05, 3.63) is 0 Å². The number of carbonyl (C=O) groups excluding carboxylic acids is 2. The van der Waals surface area contributed by atoms with Crippen molar-refractivity contribution < 1.29 is 61.6 Å². The molecule has 7 nitrogen and oxygen atoms in total. The van der Waals surface area contributed by atoms with E-state index < -0.39 is 33.7 Å². The van der Waals surface area contributed by atoms with Crippen LogP contribution in [0.4, 0.5) is 0 Å². The van der Waals surface area contributed by atoms with E-state index in [0.29, 0.717) is 12.8 Å². The van der Waals surface area contributed by atoms with E-state index in [0.717, 1.165) is 0 Å². The van der Waals surface area contributed by atoms with Gasteiger partial charge in [-0.1, -0.05) is 13.8 Å². The molecule has 0 radical (unpaired) electrons. The molecule has 0 saturated carbocycles. The minimum atomic E-state index is -4.94. The van der Waals surface area contributed by atoms with E-state index in [4.69, 9.17) is 0 Å². The van der Waals surface area contributed by atoms with E-state index >= 15 is 0 Å². The van der Waals surface area contributed by atoms with Gasteiger partial charge in [-0.15, -0.1) is 0 Å². The molecule has 0 aliphatic heterocycles. The van der Waals surface area contributed by atoms with Crippen LogP contribution in [0, 0.1) is 0 Å². The number of esters is 2. The van der Waals surface area contributed by atoms with Crippen LogP contribution in [0.15, 0.2) is 0 Å². The maximum atomic E-state index is 11.3. The standard InChI is InChI=1S/C10H18O7S.Na/c1-3-5-16-9(11)7-8(18(13,14)15)10(12)17-6-4-2;/h8H,3-7H2,1-2H3,(H,13,14,15);/q;+1/p-1. The van der Waals surface area contributed by atoms with Crippen molar-refractivity contribution in [1.29, 1.82) is 0 Å². The summed E-state index contributed by atoms with van der Waals surface area (Å²) in [5, 5.41) is -2.03. The predicted molar refractivity (Wildman–Crippen MR) is 60.6 cm³/mol. The fourth-order valence-electron chi connectivity index (χ4n) is 1.03. The van der Waals surface area contributed by atoms with Crippen LogP contribution in [0.3, 0.4) is 0 Å². The van der Waals surface area contributed by atoms with Gasteiger partial charge < -0.3 is 14.0 Å². The van der Waals surface area contributed by atoms with Crippen molar-refractivity contribution in [3.63, 3.8) is 0 Å². The molecular formula is C10H17NaO7S. The van der Waals surface area contributed by atoms with Gasteiger partial charge in [-0.3, -0.25) is 9.59 Å². The van der Waals surface area contributed by atoms with Gasteiger partial charge >= 0.3 is 41.5 Å². The minimum Gasteiger partial charge on any atom is -0.747 e. The topological polar surface area (TPSA) is 110 Å². The van der Waals surface area contributed by atoms with Crippen LogP contribution >= 0.6 is 0 Å². The summed E-state index contributed by atoms with van der Waals surface area (Å²) in [6.45, 7) is 3.57. The van der Waals surface area contributed by atoms with E-state index in [9.17, 15) is 22.6 Å². The maximum absolute atomic E-state index is 11.3. The SMILES string of the molecule is CCCOC(=O)CC(C(=O)OCCC)S(=O)(=O)[O-].[Na+]. The number of ether oxygens (including phenoxy) is 2. The van der Waals surface area contributed by atoms with Crippen LogP contribution in [-0.4, -0.2) is 43.4 Å². The number of carbonyl (C=O) groups is 2. The summed E-state index contributed by atoms with van der Waals surface area (Å²) >= 11 is 0. The van der Waals surface area contributed by atoms with Crippen molar-refractivity contribution in [2.45, 2.75) is 38.4 Å². The summed E-state index contributed by atoms with van der Waals surface area (Å²) in [6.07, 6.45) is 0.229. The van der Waals surface area contributed by atoms with E-state index in [1.165, 1.54) is 0 Å². The van der Waals surface area contributed by atoms with Gasteiger partial charge in [-0.05, 0) is 12.8 Å². The third-order valence-corrected chi connectivity index (χ3v) is 2.94. The Labute approximate surface area is 135 Å². The van der Waals surface area contributed by atoms with Crippen LogP contribution in [0.1, 0.15) is 33.1 Å². The molecule has 0 aromatic rings. The van der Waals surface area contributed by atoms with Gasteiger partial charge in [0.1, 0.15) is 10.1 Å². The van der Waals surface area contributed by atoms with Crippen LogP contribution in [0.5, 0.6) is 0 Å². The Morgan fingerprint density at radius 2 is 1.58 bits per heavy atom. The fraction of sp³-hybridized carbons (Fsp3) is 0.800. The fourth-order valence-corrected chi connectivity index (χ4v) is 1.67. The van der Waals surface area contributed by atoms with E-state index in [-0.39, 0.29) is 42.8 Å². The van der Waals surface area contributed by atoms with E-state index in [1.807, 2.05) is 0 Å². The Morgan fingerprint density at radius 3 is 2.00 bits per heavy atom. The zero-order chi connectivity index (χ0) is 14.2. The summed E-state index contributed by atoms with van der Waals surface area (Å²) in [4.78, 5) is 22.6. The van der Waals surface area contributed by atoms with Crippen LogP contribution < -0.4 is 29.6 Å². The van der Waals surface area contributed by atoms with Gasteiger partial charge in [0.15, 0.2) is 5.25 Å². The summed E-state index contributed by atoms with van der Waals surface area (Å²) in [7, 11) is -4.94. The largest absolute Gasteiger partial charge is 1.00 e. The van der Waals surface area contributed by atoms with Gasteiger partial charge in [0.2, 0.25) is 0 Å². The molecule has 0 aromatic carbocycles. The van der Waals surface area contributed by atoms with Gasteiger partial charge in [0.05, 0.1) is 19.6 Å². The van der Waals surface area contributed by atoms with E-state index in [1.54, 1.807) is 13.8 Å². The molecule has 0 N–H and O–H groups in total. The van der Waals surface area contributed by atoms with Gasteiger partial charge in [0.25, 0.3) is 0 Å². The monoisotopic (exact) mass is 304 g/mol. The molecule has 9 heteroatoms. The van der Waals surface area contributed by atoms with Gasteiger partial charge in [-0.25, -0.2) is 8.42 Å². The molecular weight excluding hydrogens is 287 g/mol. The Balaban J connectivity index is 0. The third-order valence-electron chi connectivity index (χ3n) is 1.88. The zero-order valence-corrected chi connectivity index (χ0v) is 14.2. The van der Waals surface area contributed by atoms with Gasteiger partial charge in [-0.2, -0.15) is 0 Å². The van der Waals surface area contributed by atoms with Crippen molar-refractivity contribution in [3.8, 4) is 0 Å². The molecule has 0 saturated heterocycles. The molecule has 0 rings (SSSR count). The second-order valence-corrected chi connectivity index (χ2v) is 5.13. The van der Waals surface area contributed by atoms with Crippen LogP contribution in [0.25, 0.3) is 0 Å². The Hall–Kier alpha value is -0.150. The first-order chi connectivity index (χ1) is 8.32. The predicted octanol–water partition coefficient (Wildman–Crippen LogP) is -2.80. The molecule has 1 unspecified atom stereocenters. The Morgan fingerprint density at radius 1 is 1.11 bits per heavy atom. The maximum Gasteiger partial charge on any atom is 1.00 e. The molecule has 0 bridgehead atoms. The average molecular weight is 304 g/mol. The Kier molecular flexibility index (Phi) is 11.8. The smallest absolute Gasteiger partial charge is 0.747 e.